The first-order valence-electron chi connectivity index (χ1n) is 11.1. The van der Waals surface area contributed by atoms with E-state index < -0.39 is 45.0 Å². The maximum atomic E-state index is 12.9. The molecule has 1 rings (SSSR count). The van der Waals surface area contributed by atoms with Crippen molar-refractivity contribution in [1.29, 1.82) is 0 Å². The minimum Gasteiger partial charge on any atom is -0.530 e. The number of nitrogen functional groups attached to an aromatic ring is 1. The third-order valence-corrected chi connectivity index (χ3v) is 12.4. The van der Waals surface area contributed by atoms with Crippen molar-refractivity contribution in [2.45, 2.75) is 78.6 Å². The van der Waals surface area contributed by atoms with Gasteiger partial charge in [-0.3, -0.25) is 10.2 Å². The number of nitrogens with one attached hydrogen (secondary N) is 1. The SMILES string of the molecule is C[Si](C)(C)OC(=O)c1cc(C(=O)NN)cc(C(=NN([Si](C)(C)C)[Si](C)(C)C)O[Si](C)(C)C)c1. The lowest BCUT2D eigenvalue weighted by Crippen LogP contribution is -2.56. The number of benzene rings is 1. The van der Waals surface area contributed by atoms with Crippen LogP contribution in [-0.4, -0.2) is 55.2 Å². The van der Waals surface area contributed by atoms with E-state index in [1.807, 2.05) is 19.6 Å². The van der Waals surface area contributed by atoms with Crippen molar-refractivity contribution in [3.8, 4) is 0 Å². The predicted molar refractivity (Wildman–Crippen MR) is 146 cm³/mol. The molecular weight excluding hydrogens is 485 g/mol. The summed E-state index contributed by atoms with van der Waals surface area (Å²) in [6.07, 6.45) is 0. The highest BCUT2D eigenvalue weighted by Gasteiger charge is 2.35. The first-order chi connectivity index (χ1) is 14.6. The zero-order valence-electron chi connectivity index (χ0n) is 22.3. The fourth-order valence-electron chi connectivity index (χ4n) is 3.24. The van der Waals surface area contributed by atoms with Crippen molar-refractivity contribution in [2.75, 3.05) is 0 Å². The smallest absolute Gasteiger partial charge is 0.324 e. The third-order valence-electron chi connectivity index (χ3n) is 4.07. The number of carbonyl (C=O) groups is 2. The van der Waals surface area contributed by atoms with Gasteiger partial charge in [-0.2, -0.15) is 5.10 Å². The van der Waals surface area contributed by atoms with Gasteiger partial charge in [0.15, 0.2) is 16.5 Å². The molecule has 186 valence electrons. The van der Waals surface area contributed by atoms with Crippen LogP contribution in [0.25, 0.3) is 0 Å². The number of hydrazine groups is 1. The number of amides is 1. The van der Waals surface area contributed by atoms with E-state index in [4.69, 9.17) is 19.8 Å². The van der Waals surface area contributed by atoms with E-state index >= 15 is 0 Å². The summed E-state index contributed by atoms with van der Waals surface area (Å²) in [5.41, 5.74) is 3.22. The molecule has 12 heteroatoms. The number of carbonyl (C=O) groups excluding carboxylic acids is 2. The Balaban J connectivity index is 3.83. The van der Waals surface area contributed by atoms with Crippen LogP contribution in [0.15, 0.2) is 23.3 Å². The quantitative estimate of drug-likeness (QED) is 0.126. The fraction of sp³-hybridized carbons (Fsp3) is 0.571. The topological polar surface area (TPSA) is 106 Å². The molecule has 0 fully saturated rings. The molecule has 0 bridgehead atoms. The molecule has 0 aliphatic rings. The molecule has 0 saturated carbocycles. The Morgan fingerprint density at radius 2 is 1.18 bits per heavy atom. The average molecular weight is 527 g/mol. The van der Waals surface area contributed by atoms with Crippen molar-refractivity contribution >= 4 is 50.9 Å². The molecule has 0 aliphatic carbocycles. The molecule has 1 amide bonds. The van der Waals surface area contributed by atoms with Gasteiger partial charge in [-0.05, 0) is 57.5 Å². The second kappa shape index (κ2) is 10.3. The fourth-order valence-corrected chi connectivity index (χ4v) is 13.5. The summed E-state index contributed by atoms with van der Waals surface area (Å²) in [6, 6.07) is 4.86. The summed E-state index contributed by atoms with van der Waals surface area (Å²) in [6.45, 7) is 25.5. The highest BCUT2D eigenvalue weighted by Crippen LogP contribution is 2.24. The predicted octanol–water partition coefficient (Wildman–Crippen LogP) is 4.77. The Morgan fingerprint density at radius 1 is 0.758 bits per heavy atom. The summed E-state index contributed by atoms with van der Waals surface area (Å²) in [4.78, 5) is 25.3. The molecular formula is C21H42N4O4Si4. The summed E-state index contributed by atoms with van der Waals surface area (Å²) in [7, 11) is -7.92. The van der Waals surface area contributed by atoms with E-state index in [1.165, 1.54) is 6.07 Å². The Hall–Kier alpha value is -1.74. The first-order valence-corrected chi connectivity index (χ1v) is 24.8. The molecule has 0 unspecified atom stereocenters. The molecule has 0 radical (unpaired) electrons. The number of hydrazone groups is 1. The van der Waals surface area contributed by atoms with Crippen molar-refractivity contribution in [2.24, 2.45) is 10.9 Å². The van der Waals surface area contributed by atoms with Crippen LogP contribution >= 0.6 is 0 Å². The average Bonchev–Trinajstić information content (AvgIpc) is 2.59. The molecule has 33 heavy (non-hydrogen) atoms. The molecule has 0 spiro atoms. The van der Waals surface area contributed by atoms with Gasteiger partial charge in [0.1, 0.15) is 0 Å². The highest BCUT2D eigenvalue weighted by atomic mass is 28.4. The van der Waals surface area contributed by atoms with E-state index in [9.17, 15) is 9.59 Å². The van der Waals surface area contributed by atoms with Gasteiger partial charge in [-0.25, -0.2) is 10.6 Å². The minimum atomic E-state index is -2.14. The van der Waals surface area contributed by atoms with Crippen molar-refractivity contribution < 1.29 is 18.4 Å². The van der Waals surface area contributed by atoms with Crippen molar-refractivity contribution in [3.63, 3.8) is 0 Å². The maximum Gasteiger partial charge on any atom is 0.324 e. The van der Waals surface area contributed by atoms with Crippen molar-refractivity contribution in [3.05, 3.63) is 34.9 Å². The van der Waals surface area contributed by atoms with Gasteiger partial charge in [-0.1, -0.05) is 39.3 Å². The maximum absolute atomic E-state index is 12.9. The van der Waals surface area contributed by atoms with Gasteiger partial charge in [0.2, 0.25) is 22.5 Å². The molecule has 0 heterocycles. The number of hydrogen-bond donors (Lipinski definition) is 2. The standard InChI is InChI=1S/C21H42N4O4Si4/c1-30(2,3)25(31(4,5)6)24-20(28-32(7,8)9)17-13-16(19(26)23-22)14-18(15-17)21(27)29-33(10,11)12/h13-15H,22H2,1-12H3,(H,23,26). The first kappa shape index (κ1) is 29.3. The Bertz CT molecular complexity index is 897. The third kappa shape index (κ3) is 9.57. The summed E-state index contributed by atoms with van der Waals surface area (Å²) in [5, 5.41) is 5.06. The van der Waals surface area contributed by atoms with E-state index in [2.05, 4.69) is 68.7 Å². The van der Waals surface area contributed by atoms with E-state index in [1.54, 1.807) is 12.1 Å². The summed E-state index contributed by atoms with van der Waals surface area (Å²) >= 11 is 0. The zero-order chi connectivity index (χ0) is 26.0. The lowest BCUT2D eigenvalue weighted by molar-refractivity contribution is 0.0724. The van der Waals surface area contributed by atoms with Crippen LogP contribution in [0.4, 0.5) is 0 Å². The Kier molecular flexibility index (Phi) is 9.10. The van der Waals surface area contributed by atoms with Crippen LogP contribution in [0.5, 0.6) is 0 Å². The Morgan fingerprint density at radius 3 is 1.58 bits per heavy atom. The second-order valence-corrected chi connectivity index (χ2v) is 30.9. The highest BCUT2D eigenvalue weighted by molar-refractivity contribution is 6.89. The normalized spacial score (nSPS) is 13.4. The molecule has 0 atom stereocenters. The largest absolute Gasteiger partial charge is 0.530 e. The molecule has 3 N–H and O–H groups in total. The van der Waals surface area contributed by atoms with Crippen LogP contribution in [0.2, 0.25) is 78.6 Å². The van der Waals surface area contributed by atoms with Gasteiger partial charge >= 0.3 is 5.97 Å². The van der Waals surface area contributed by atoms with Crippen LogP contribution in [-0.2, 0) is 8.85 Å². The van der Waals surface area contributed by atoms with Crippen LogP contribution in [0, 0.1) is 0 Å². The van der Waals surface area contributed by atoms with Crippen LogP contribution in [0.1, 0.15) is 26.3 Å². The van der Waals surface area contributed by atoms with Gasteiger partial charge < -0.3 is 13.2 Å². The van der Waals surface area contributed by atoms with Gasteiger partial charge in [0.05, 0.1) is 5.56 Å². The van der Waals surface area contributed by atoms with Crippen molar-refractivity contribution in [1.82, 2.24) is 9.77 Å². The summed E-state index contributed by atoms with van der Waals surface area (Å²) in [5.74, 6) is 4.85. The van der Waals surface area contributed by atoms with Crippen LogP contribution in [0.3, 0.4) is 0 Å². The Labute approximate surface area is 203 Å². The number of nitrogens with zero attached hydrogens (tertiary/aromatic N) is 2. The molecule has 1 aromatic carbocycles. The molecule has 0 aliphatic heterocycles. The van der Waals surface area contributed by atoms with Crippen LogP contribution < -0.4 is 11.3 Å². The number of rotatable bonds is 8. The zero-order valence-corrected chi connectivity index (χ0v) is 26.3. The van der Waals surface area contributed by atoms with E-state index in [0.717, 1.165) is 0 Å². The van der Waals surface area contributed by atoms with E-state index in [0.29, 0.717) is 11.5 Å². The number of nitrogens with two attached hydrogens (primary N) is 1. The lowest BCUT2D eigenvalue weighted by atomic mass is 10.0. The molecule has 1 aromatic rings. The van der Waals surface area contributed by atoms with Gasteiger partial charge in [0, 0.05) is 11.1 Å². The molecule has 8 nitrogen and oxygen atoms in total. The second-order valence-electron chi connectivity index (χ2n) is 12.0. The summed E-state index contributed by atoms with van der Waals surface area (Å²) < 4.78 is 14.4. The van der Waals surface area contributed by atoms with E-state index in [-0.39, 0.29) is 11.1 Å². The lowest BCUT2D eigenvalue weighted by Gasteiger charge is -2.42. The monoisotopic (exact) mass is 526 g/mol. The molecule has 0 aromatic heterocycles. The van der Waals surface area contributed by atoms with Gasteiger partial charge in [-0.15, -0.1) is 0 Å². The molecule has 0 saturated heterocycles. The number of hydrogen-bond acceptors (Lipinski definition) is 7. The minimum absolute atomic E-state index is 0.247. The van der Waals surface area contributed by atoms with Gasteiger partial charge in [0.25, 0.3) is 5.91 Å².